The summed E-state index contributed by atoms with van der Waals surface area (Å²) in [6.07, 6.45) is -0.293. The zero-order valence-electron chi connectivity index (χ0n) is 12.0. The summed E-state index contributed by atoms with van der Waals surface area (Å²) in [4.78, 5) is 23.9. The van der Waals surface area contributed by atoms with Crippen LogP contribution in [0, 0.1) is 7.14 Å². The van der Waals surface area contributed by atoms with Crippen LogP contribution >= 0.6 is 45.2 Å². The van der Waals surface area contributed by atoms with E-state index in [9.17, 15) is 14.7 Å². The number of carbonyl (C=O) groups excluding carboxylic acids is 1. The summed E-state index contributed by atoms with van der Waals surface area (Å²) >= 11 is 3.90. The van der Waals surface area contributed by atoms with E-state index in [4.69, 9.17) is 9.52 Å². The van der Waals surface area contributed by atoms with Gasteiger partial charge in [0.25, 0.3) is 0 Å². The number of hydrogen-bond acceptors (Lipinski definition) is 4. The summed E-state index contributed by atoms with van der Waals surface area (Å²) in [5.74, 6) is -0.881. The van der Waals surface area contributed by atoms with Crippen molar-refractivity contribution in [3.8, 4) is 5.75 Å². The third kappa shape index (κ3) is 3.14. The number of carboxylic acids is 1. The molecule has 2 aromatic carbocycles. The van der Waals surface area contributed by atoms with Crippen LogP contribution in [0.5, 0.6) is 5.75 Å². The molecule has 0 aliphatic carbocycles. The molecule has 2 N–H and O–H groups in total. The van der Waals surface area contributed by atoms with Gasteiger partial charge in [-0.3, -0.25) is 9.59 Å². The number of furan rings is 1. The van der Waals surface area contributed by atoms with Crippen LogP contribution in [0.4, 0.5) is 0 Å². The van der Waals surface area contributed by atoms with Crippen molar-refractivity contribution < 1.29 is 24.2 Å². The Kier molecular flexibility index (Phi) is 4.81. The number of carbonyl (C=O) groups is 2. The van der Waals surface area contributed by atoms with Crippen molar-refractivity contribution >= 4 is 67.7 Å². The minimum absolute atomic E-state index is 0.110. The van der Waals surface area contributed by atoms with Crippen molar-refractivity contribution in [2.75, 3.05) is 0 Å². The normalized spacial score (nSPS) is 10.9. The first-order valence-electron chi connectivity index (χ1n) is 6.83. The predicted octanol–water partition coefficient (Wildman–Crippen LogP) is 4.21. The van der Waals surface area contributed by atoms with Crippen LogP contribution < -0.4 is 0 Å². The number of carboxylic acid groups (broad SMARTS) is 1. The van der Waals surface area contributed by atoms with Gasteiger partial charge in [0.1, 0.15) is 17.9 Å². The van der Waals surface area contributed by atoms with Crippen LogP contribution in [0.2, 0.25) is 0 Å². The summed E-state index contributed by atoms with van der Waals surface area (Å²) in [7, 11) is 0. The van der Waals surface area contributed by atoms with Crippen molar-refractivity contribution in [1.29, 1.82) is 0 Å². The third-order valence-electron chi connectivity index (χ3n) is 3.49. The van der Waals surface area contributed by atoms with Crippen molar-refractivity contribution in [2.45, 2.75) is 6.42 Å². The highest BCUT2D eigenvalue weighted by Gasteiger charge is 2.22. The molecule has 3 aromatic rings. The molecule has 5 nitrogen and oxygen atoms in total. The Morgan fingerprint density at radius 3 is 2.21 bits per heavy atom. The molecule has 0 fully saturated rings. The van der Waals surface area contributed by atoms with E-state index < -0.39 is 5.97 Å². The molecule has 0 spiro atoms. The van der Waals surface area contributed by atoms with E-state index >= 15 is 0 Å². The molecule has 122 valence electrons. The summed E-state index contributed by atoms with van der Waals surface area (Å²) < 4.78 is 6.72. The van der Waals surface area contributed by atoms with E-state index in [0.29, 0.717) is 23.5 Å². The molecular formula is C17H10I2O5. The highest BCUT2D eigenvalue weighted by molar-refractivity contribution is 14.1. The number of fused-ring (bicyclic) bond motifs is 1. The van der Waals surface area contributed by atoms with E-state index in [-0.39, 0.29) is 29.5 Å². The van der Waals surface area contributed by atoms with Crippen LogP contribution in [-0.4, -0.2) is 22.0 Å². The molecule has 3 rings (SSSR count). The van der Waals surface area contributed by atoms with Gasteiger partial charge in [-0.15, -0.1) is 0 Å². The van der Waals surface area contributed by atoms with Crippen molar-refractivity contribution in [1.82, 2.24) is 0 Å². The highest BCUT2D eigenvalue weighted by Crippen LogP contribution is 2.32. The van der Waals surface area contributed by atoms with Gasteiger partial charge in [-0.2, -0.15) is 0 Å². The quantitative estimate of drug-likeness (QED) is 0.377. The minimum atomic E-state index is -1.03. The molecule has 0 saturated carbocycles. The Morgan fingerprint density at radius 1 is 1.04 bits per heavy atom. The molecule has 24 heavy (non-hydrogen) atoms. The molecule has 7 heteroatoms. The maximum atomic E-state index is 12.8. The topological polar surface area (TPSA) is 87.7 Å². The number of rotatable bonds is 4. The van der Waals surface area contributed by atoms with E-state index in [2.05, 4.69) is 0 Å². The fourth-order valence-electron chi connectivity index (χ4n) is 2.42. The zero-order valence-corrected chi connectivity index (χ0v) is 16.4. The maximum absolute atomic E-state index is 12.8. The molecule has 1 aromatic heterocycles. The Hall–Kier alpha value is -1.62. The lowest BCUT2D eigenvalue weighted by Crippen LogP contribution is -2.02. The van der Waals surface area contributed by atoms with Gasteiger partial charge in [-0.25, -0.2) is 0 Å². The fourth-order valence-corrected chi connectivity index (χ4v) is 4.19. The molecule has 0 radical (unpaired) electrons. The molecule has 0 saturated heterocycles. The van der Waals surface area contributed by atoms with Gasteiger partial charge in [0.05, 0.1) is 7.14 Å². The van der Waals surface area contributed by atoms with Crippen LogP contribution in [0.25, 0.3) is 10.8 Å². The summed E-state index contributed by atoms with van der Waals surface area (Å²) in [6, 6.07) is 10.2. The zero-order chi connectivity index (χ0) is 17.4. The summed E-state index contributed by atoms with van der Waals surface area (Å²) in [6.45, 7) is 0. The molecule has 0 atom stereocenters. The highest BCUT2D eigenvalue weighted by atomic mass is 127. The molecule has 0 aliphatic heterocycles. The lowest BCUT2D eigenvalue weighted by atomic mass is 10.0. The summed E-state index contributed by atoms with van der Waals surface area (Å²) in [5.41, 5.74) is 0.378. The van der Waals surface area contributed by atoms with E-state index in [1.54, 1.807) is 36.4 Å². The van der Waals surface area contributed by atoms with Crippen LogP contribution in [-0.2, 0) is 11.2 Å². The summed E-state index contributed by atoms with van der Waals surface area (Å²) in [5, 5.41) is 20.1. The Bertz CT molecular complexity index is 951. The Balaban J connectivity index is 2.15. The Labute approximate surface area is 163 Å². The second-order valence-electron chi connectivity index (χ2n) is 5.09. The number of phenols is 1. The maximum Gasteiger partial charge on any atom is 0.311 e. The SMILES string of the molecule is O=C(O)Cc1oc(C(=O)c2cc(I)c(O)c(I)c2)c2ccccc12. The first kappa shape index (κ1) is 17.2. The molecule has 0 amide bonds. The first-order valence-corrected chi connectivity index (χ1v) is 8.99. The van der Waals surface area contributed by atoms with Crippen molar-refractivity contribution in [3.63, 3.8) is 0 Å². The minimum Gasteiger partial charge on any atom is -0.506 e. The average molecular weight is 548 g/mol. The largest absolute Gasteiger partial charge is 0.506 e. The van der Waals surface area contributed by atoms with Gasteiger partial charge in [-0.05, 0) is 57.3 Å². The van der Waals surface area contributed by atoms with Gasteiger partial charge in [0, 0.05) is 16.3 Å². The lowest BCUT2D eigenvalue weighted by Gasteiger charge is -2.04. The van der Waals surface area contributed by atoms with Crippen LogP contribution in [0.3, 0.4) is 0 Å². The molecule has 0 bridgehead atoms. The number of benzene rings is 2. The second kappa shape index (κ2) is 6.71. The van der Waals surface area contributed by atoms with Crippen molar-refractivity contribution in [2.24, 2.45) is 0 Å². The molecule has 0 aliphatic rings. The van der Waals surface area contributed by atoms with Crippen LogP contribution in [0.15, 0.2) is 40.8 Å². The van der Waals surface area contributed by atoms with E-state index in [1.165, 1.54) is 0 Å². The number of ketones is 1. The molecule has 0 unspecified atom stereocenters. The number of aliphatic carboxylic acids is 1. The average Bonchev–Trinajstić information content (AvgIpc) is 2.89. The fraction of sp³-hybridized carbons (Fsp3) is 0.0588. The first-order chi connectivity index (χ1) is 11.4. The molecule has 1 heterocycles. The second-order valence-corrected chi connectivity index (χ2v) is 7.41. The number of halogens is 2. The van der Waals surface area contributed by atoms with E-state index in [0.717, 1.165) is 0 Å². The van der Waals surface area contributed by atoms with Crippen molar-refractivity contribution in [3.05, 3.63) is 60.6 Å². The number of aromatic hydroxyl groups is 1. The van der Waals surface area contributed by atoms with Gasteiger partial charge < -0.3 is 14.6 Å². The standard InChI is InChI=1S/C17H10I2O5/c18-11-5-8(6-12(19)16(11)23)15(22)17-10-4-2-1-3-9(10)13(24-17)7-14(20)21/h1-6,23H,7H2,(H,20,21). The number of hydrogen-bond donors (Lipinski definition) is 2. The lowest BCUT2D eigenvalue weighted by molar-refractivity contribution is -0.136. The van der Waals surface area contributed by atoms with Gasteiger partial charge >= 0.3 is 5.97 Å². The Morgan fingerprint density at radius 2 is 1.62 bits per heavy atom. The van der Waals surface area contributed by atoms with Gasteiger partial charge in [-0.1, -0.05) is 24.3 Å². The van der Waals surface area contributed by atoms with E-state index in [1.807, 2.05) is 45.2 Å². The molecular weight excluding hydrogens is 538 g/mol. The smallest absolute Gasteiger partial charge is 0.311 e. The van der Waals surface area contributed by atoms with Gasteiger partial charge in [0.2, 0.25) is 5.78 Å². The third-order valence-corrected chi connectivity index (χ3v) is 5.14. The van der Waals surface area contributed by atoms with Crippen LogP contribution in [0.1, 0.15) is 21.9 Å². The predicted molar refractivity (Wildman–Crippen MR) is 105 cm³/mol. The monoisotopic (exact) mass is 548 g/mol. The van der Waals surface area contributed by atoms with Gasteiger partial charge in [0.15, 0.2) is 5.76 Å². The number of phenolic OH excluding ortho intramolecular Hbond substituents is 1.